The highest BCUT2D eigenvalue weighted by Gasteiger charge is 2.20. The number of anilines is 2. The Bertz CT molecular complexity index is 864. The molecule has 1 aliphatic heterocycles. The first kappa shape index (κ1) is 16.7. The van der Waals surface area contributed by atoms with Gasteiger partial charge in [-0.25, -0.2) is 15.0 Å². The van der Waals surface area contributed by atoms with Gasteiger partial charge in [-0.3, -0.25) is 4.90 Å². The van der Waals surface area contributed by atoms with Crippen molar-refractivity contribution in [3.8, 4) is 0 Å². The second-order valence-electron chi connectivity index (χ2n) is 6.90. The predicted octanol–water partition coefficient (Wildman–Crippen LogP) is 2.41. The fraction of sp³-hybridized carbons (Fsp3) is 0.350. The number of piperazine rings is 1. The molecule has 0 bridgehead atoms. The van der Waals surface area contributed by atoms with Crippen LogP contribution in [0.1, 0.15) is 5.56 Å². The fourth-order valence-electron chi connectivity index (χ4n) is 3.39. The summed E-state index contributed by atoms with van der Waals surface area (Å²) in [5, 5.41) is 1.13. The van der Waals surface area contributed by atoms with Gasteiger partial charge in [0.1, 0.15) is 18.0 Å². The predicted molar refractivity (Wildman–Crippen MR) is 106 cm³/mol. The Labute approximate surface area is 154 Å². The number of para-hydroxylation sites is 1. The lowest BCUT2D eigenvalue weighted by Crippen LogP contribution is -2.46. The monoisotopic (exact) mass is 348 g/mol. The zero-order chi connectivity index (χ0) is 17.9. The summed E-state index contributed by atoms with van der Waals surface area (Å²) in [5.74, 6) is 2.04. The third-order valence-electron chi connectivity index (χ3n) is 4.87. The van der Waals surface area contributed by atoms with E-state index < -0.39 is 0 Å². The molecule has 1 aromatic carbocycles. The Balaban J connectivity index is 1.41. The molecule has 3 aromatic rings. The van der Waals surface area contributed by atoms with E-state index in [4.69, 9.17) is 0 Å². The average Bonchev–Trinajstić information content (AvgIpc) is 2.69. The van der Waals surface area contributed by atoms with Crippen LogP contribution in [0.15, 0.2) is 48.9 Å². The average molecular weight is 348 g/mol. The van der Waals surface area contributed by atoms with E-state index in [1.807, 2.05) is 37.3 Å². The van der Waals surface area contributed by atoms with Gasteiger partial charge in [0.05, 0.1) is 5.52 Å². The Hall–Kier alpha value is -2.73. The molecule has 134 valence electrons. The molecular weight excluding hydrogens is 324 g/mol. The highest BCUT2D eigenvalue weighted by molar-refractivity contribution is 5.89. The van der Waals surface area contributed by atoms with Crippen molar-refractivity contribution in [3.63, 3.8) is 0 Å². The van der Waals surface area contributed by atoms with Crippen LogP contribution in [-0.2, 0) is 6.54 Å². The Morgan fingerprint density at radius 3 is 2.46 bits per heavy atom. The third-order valence-corrected chi connectivity index (χ3v) is 4.87. The van der Waals surface area contributed by atoms with Gasteiger partial charge in [-0.05, 0) is 23.8 Å². The summed E-state index contributed by atoms with van der Waals surface area (Å²) in [6.45, 7) is 4.94. The number of pyridine rings is 1. The number of hydrogen-bond donors (Lipinski definition) is 0. The second-order valence-corrected chi connectivity index (χ2v) is 6.90. The van der Waals surface area contributed by atoms with Gasteiger partial charge >= 0.3 is 0 Å². The number of fused-ring (bicyclic) bond motifs is 1. The van der Waals surface area contributed by atoms with Gasteiger partial charge in [0.15, 0.2) is 0 Å². The molecule has 26 heavy (non-hydrogen) atoms. The number of aromatic nitrogens is 3. The van der Waals surface area contributed by atoms with Crippen LogP contribution in [0.4, 0.5) is 11.6 Å². The summed E-state index contributed by atoms with van der Waals surface area (Å²) in [6, 6.07) is 12.5. The summed E-state index contributed by atoms with van der Waals surface area (Å²) in [5.41, 5.74) is 2.27. The standard InChI is InChI=1S/C20H24N6/c1-24(2)19-8-7-16(13-21-19)14-25-9-11-26(12-10-25)20-17-5-3-4-6-18(17)22-15-23-20/h3-8,13,15H,9-12,14H2,1-2H3. The van der Waals surface area contributed by atoms with E-state index in [0.29, 0.717) is 0 Å². The van der Waals surface area contributed by atoms with E-state index >= 15 is 0 Å². The number of hydrogen-bond acceptors (Lipinski definition) is 6. The van der Waals surface area contributed by atoms with Gasteiger partial charge in [0.2, 0.25) is 0 Å². The summed E-state index contributed by atoms with van der Waals surface area (Å²) >= 11 is 0. The van der Waals surface area contributed by atoms with E-state index in [2.05, 4.69) is 49.0 Å². The van der Waals surface area contributed by atoms with E-state index in [1.54, 1.807) is 6.33 Å². The molecule has 0 unspecified atom stereocenters. The van der Waals surface area contributed by atoms with Crippen LogP contribution >= 0.6 is 0 Å². The van der Waals surface area contributed by atoms with Crippen molar-refractivity contribution < 1.29 is 0 Å². The van der Waals surface area contributed by atoms with Gasteiger partial charge in [0.25, 0.3) is 0 Å². The number of rotatable bonds is 4. The molecule has 1 aliphatic rings. The van der Waals surface area contributed by atoms with Crippen LogP contribution in [0.3, 0.4) is 0 Å². The maximum Gasteiger partial charge on any atom is 0.139 e. The highest BCUT2D eigenvalue weighted by atomic mass is 15.3. The molecule has 0 aliphatic carbocycles. The van der Waals surface area contributed by atoms with Crippen LogP contribution in [0, 0.1) is 0 Å². The molecule has 6 heteroatoms. The lowest BCUT2D eigenvalue weighted by molar-refractivity contribution is 0.249. The summed E-state index contributed by atoms with van der Waals surface area (Å²) in [6.07, 6.45) is 3.65. The molecule has 1 fully saturated rings. The summed E-state index contributed by atoms with van der Waals surface area (Å²) in [7, 11) is 4.02. The van der Waals surface area contributed by atoms with Crippen molar-refractivity contribution in [1.29, 1.82) is 0 Å². The lowest BCUT2D eigenvalue weighted by atomic mass is 10.2. The van der Waals surface area contributed by atoms with E-state index in [9.17, 15) is 0 Å². The zero-order valence-electron chi connectivity index (χ0n) is 15.3. The van der Waals surface area contributed by atoms with Crippen molar-refractivity contribution in [3.05, 3.63) is 54.5 Å². The number of nitrogens with zero attached hydrogens (tertiary/aromatic N) is 6. The maximum absolute atomic E-state index is 4.55. The summed E-state index contributed by atoms with van der Waals surface area (Å²) < 4.78 is 0. The molecule has 3 heterocycles. The molecular formula is C20H24N6. The first-order valence-corrected chi connectivity index (χ1v) is 9.00. The molecule has 1 saturated heterocycles. The molecule has 4 rings (SSSR count). The van der Waals surface area contributed by atoms with Gasteiger partial charge in [0, 0.05) is 58.4 Å². The minimum atomic E-state index is 0.944. The first-order valence-electron chi connectivity index (χ1n) is 9.00. The largest absolute Gasteiger partial charge is 0.363 e. The van der Waals surface area contributed by atoms with Gasteiger partial charge < -0.3 is 9.80 Å². The first-order chi connectivity index (χ1) is 12.7. The molecule has 0 spiro atoms. The summed E-state index contributed by atoms with van der Waals surface area (Å²) in [4.78, 5) is 20.3. The normalized spacial score (nSPS) is 15.4. The molecule has 2 aromatic heterocycles. The smallest absolute Gasteiger partial charge is 0.139 e. The van der Waals surface area contributed by atoms with E-state index in [-0.39, 0.29) is 0 Å². The minimum absolute atomic E-state index is 0.944. The fourth-order valence-corrected chi connectivity index (χ4v) is 3.39. The lowest BCUT2D eigenvalue weighted by Gasteiger charge is -2.35. The van der Waals surface area contributed by atoms with Crippen molar-refractivity contribution >= 4 is 22.5 Å². The van der Waals surface area contributed by atoms with Crippen molar-refractivity contribution in [2.24, 2.45) is 0 Å². The van der Waals surface area contributed by atoms with Crippen LogP contribution in [0.25, 0.3) is 10.9 Å². The quantitative estimate of drug-likeness (QED) is 0.722. The van der Waals surface area contributed by atoms with Gasteiger partial charge in [-0.1, -0.05) is 18.2 Å². The second kappa shape index (κ2) is 7.25. The van der Waals surface area contributed by atoms with Crippen LogP contribution in [0.5, 0.6) is 0 Å². The van der Waals surface area contributed by atoms with Crippen molar-refractivity contribution in [2.75, 3.05) is 50.1 Å². The Morgan fingerprint density at radius 2 is 1.73 bits per heavy atom. The molecule has 0 radical (unpaired) electrons. The van der Waals surface area contributed by atoms with Crippen LogP contribution in [0.2, 0.25) is 0 Å². The maximum atomic E-state index is 4.55. The molecule has 0 amide bonds. The van der Waals surface area contributed by atoms with Crippen molar-refractivity contribution in [1.82, 2.24) is 19.9 Å². The molecule has 0 N–H and O–H groups in total. The van der Waals surface area contributed by atoms with Crippen LogP contribution < -0.4 is 9.80 Å². The van der Waals surface area contributed by atoms with Gasteiger partial charge in [-0.2, -0.15) is 0 Å². The zero-order valence-corrected chi connectivity index (χ0v) is 15.3. The van der Waals surface area contributed by atoms with Gasteiger partial charge in [-0.15, -0.1) is 0 Å². The molecule has 0 saturated carbocycles. The molecule has 6 nitrogen and oxygen atoms in total. The number of benzene rings is 1. The molecule has 0 atom stereocenters. The van der Waals surface area contributed by atoms with Crippen LogP contribution in [-0.4, -0.2) is 60.1 Å². The highest BCUT2D eigenvalue weighted by Crippen LogP contribution is 2.23. The minimum Gasteiger partial charge on any atom is -0.363 e. The Kier molecular flexibility index (Phi) is 4.67. The third kappa shape index (κ3) is 3.46. The van der Waals surface area contributed by atoms with E-state index in [0.717, 1.165) is 55.3 Å². The topological polar surface area (TPSA) is 48.4 Å². The van der Waals surface area contributed by atoms with Crippen molar-refractivity contribution in [2.45, 2.75) is 6.54 Å². The Morgan fingerprint density at radius 1 is 0.923 bits per heavy atom. The SMILES string of the molecule is CN(C)c1ccc(CN2CCN(c3ncnc4ccccc34)CC2)cn1. The van der Waals surface area contributed by atoms with E-state index in [1.165, 1.54) is 5.56 Å².